The number of nitrogens with one attached hydrogen (secondary N) is 1. The molecule has 0 aromatic heterocycles. The maximum atomic E-state index is 12.8. The van der Waals surface area contributed by atoms with Crippen LogP contribution in [0.1, 0.15) is 5.56 Å². The minimum absolute atomic E-state index is 0.200. The molecule has 1 aliphatic rings. The Morgan fingerprint density at radius 2 is 1.62 bits per heavy atom. The van der Waals surface area contributed by atoms with Crippen molar-refractivity contribution in [2.45, 2.75) is 6.54 Å². The van der Waals surface area contributed by atoms with Crippen molar-refractivity contribution in [1.29, 1.82) is 0 Å². The molecule has 1 fully saturated rings. The molecule has 0 amide bonds. The summed E-state index contributed by atoms with van der Waals surface area (Å²) in [4.78, 5) is 2.33. The average Bonchev–Trinajstić information content (AvgIpc) is 2.56. The van der Waals surface area contributed by atoms with Crippen molar-refractivity contribution in [3.05, 3.63) is 59.9 Å². The van der Waals surface area contributed by atoms with E-state index in [0.717, 1.165) is 37.6 Å². The zero-order chi connectivity index (χ0) is 14.5. The molecule has 2 aromatic carbocycles. The van der Waals surface area contributed by atoms with Crippen molar-refractivity contribution < 1.29 is 9.13 Å². The summed E-state index contributed by atoms with van der Waals surface area (Å²) in [5, 5.41) is 3.34. The molecule has 1 saturated heterocycles. The van der Waals surface area contributed by atoms with E-state index < -0.39 is 0 Å². The van der Waals surface area contributed by atoms with Crippen LogP contribution in [0, 0.1) is 5.82 Å². The first-order valence-electron chi connectivity index (χ1n) is 7.22. The highest BCUT2D eigenvalue weighted by Gasteiger charge is 2.10. The van der Waals surface area contributed by atoms with Gasteiger partial charge in [-0.25, -0.2) is 4.39 Å². The number of ether oxygens (including phenoxy) is 1. The fourth-order valence-electron chi connectivity index (χ4n) is 2.42. The van der Waals surface area contributed by atoms with E-state index in [4.69, 9.17) is 4.74 Å². The quantitative estimate of drug-likeness (QED) is 0.933. The van der Waals surface area contributed by atoms with Crippen molar-refractivity contribution in [1.82, 2.24) is 0 Å². The second-order valence-corrected chi connectivity index (χ2v) is 5.13. The lowest BCUT2D eigenvalue weighted by atomic mass is 10.2. The standard InChI is InChI=1S/C17H19FN2O/c18-15-3-1-14(2-4-15)13-19-16-5-7-17(8-6-16)20-9-11-21-12-10-20/h1-8,19H,9-13H2. The van der Waals surface area contributed by atoms with E-state index in [1.54, 1.807) is 12.1 Å². The number of halogens is 1. The van der Waals surface area contributed by atoms with Crippen molar-refractivity contribution in [2.24, 2.45) is 0 Å². The number of benzene rings is 2. The van der Waals surface area contributed by atoms with Gasteiger partial charge in [0.2, 0.25) is 0 Å². The summed E-state index contributed by atoms with van der Waals surface area (Å²) in [5.41, 5.74) is 3.36. The topological polar surface area (TPSA) is 24.5 Å². The van der Waals surface area contributed by atoms with Crippen LogP contribution in [0.5, 0.6) is 0 Å². The Morgan fingerprint density at radius 1 is 0.952 bits per heavy atom. The van der Waals surface area contributed by atoms with Gasteiger partial charge in [-0.2, -0.15) is 0 Å². The molecule has 0 saturated carbocycles. The van der Waals surface area contributed by atoms with Gasteiger partial charge in [-0.05, 0) is 42.0 Å². The molecule has 0 spiro atoms. The number of anilines is 2. The molecule has 3 rings (SSSR count). The van der Waals surface area contributed by atoms with Crippen LogP contribution in [0.3, 0.4) is 0 Å². The van der Waals surface area contributed by atoms with Gasteiger partial charge in [0.1, 0.15) is 5.82 Å². The fraction of sp³-hybridized carbons (Fsp3) is 0.294. The maximum Gasteiger partial charge on any atom is 0.123 e. The van der Waals surface area contributed by atoms with E-state index in [-0.39, 0.29) is 5.82 Å². The first-order valence-corrected chi connectivity index (χ1v) is 7.22. The van der Waals surface area contributed by atoms with Crippen LogP contribution in [0.2, 0.25) is 0 Å². The highest BCUT2D eigenvalue weighted by Crippen LogP contribution is 2.19. The first-order chi connectivity index (χ1) is 10.3. The van der Waals surface area contributed by atoms with Gasteiger partial charge in [0.05, 0.1) is 13.2 Å². The smallest absolute Gasteiger partial charge is 0.123 e. The third kappa shape index (κ3) is 3.73. The van der Waals surface area contributed by atoms with E-state index in [0.29, 0.717) is 6.54 Å². The molecular formula is C17H19FN2O. The summed E-state index contributed by atoms with van der Waals surface area (Å²) in [7, 11) is 0. The second-order valence-electron chi connectivity index (χ2n) is 5.13. The molecule has 0 bridgehead atoms. The molecule has 110 valence electrons. The Hall–Kier alpha value is -2.07. The molecule has 1 aliphatic heterocycles. The van der Waals surface area contributed by atoms with Crippen LogP contribution in [0.25, 0.3) is 0 Å². The molecular weight excluding hydrogens is 267 g/mol. The van der Waals surface area contributed by atoms with E-state index in [1.165, 1.54) is 17.8 Å². The number of hydrogen-bond acceptors (Lipinski definition) is 3. The van der Waals surface area contributed by atoms with Crippen LogP contribution < -0.4 is 10.2 Å². The lowest BCUT2D eigenvalue weighted by molar-refractivity contribution is 0.122. The predicted octanol–water partition coefficient (Wildman–Crippen LogP) is 3.27. The third-order valence-electron chi connectivity index (χ3n) is 3.65. The highest BCUT2D eigenvalue weighted by atomic mass is 19.1. The summed E-state index contributed by atoms with van der Waals surface area (Å²) < 4.78 is 18.2. The number of hydrogen-bond donors (Lipinski definition) is 1. The van der Waals surface area contributed by atoms with Crippen molar-refractivity contribution in [3.63, 3.8) is 0 Å². The molecule has 4 heteroatoms. The Labute approximate surface area is 124 Å². The molecule has 0 radical (unpaired) electrons. The fourth-order valence-corrected chi connectivity index (χ4v) is 2.42. The van der Waals surface area contributed by atoms with Crippen LogP contribution in [-0.4, -0.2) is 26.3 Å². The van der Waals surface area contributed by atoms with E-state index in [1.807, 2.05) is 0 Å². The lowest BCUT2D eigenvalue weighted by Gasteiger charge is -2.28. The number of morpholine rings is 1. The molecule has 21 heavy (non-hydrogen) atoms. The Morgan fingerprint density at radius 3 is 2.29 bits per heavy atom. The maximum absolute atomic E-state index is 12.8. The van der Waals surface area contributed by atoms with Gasteiger partial charge in [0.15, 0.2) is 0 Å². The molecule has 0 atom stereocenters. The van der Waals surface area contributed by atoms with Gasteiger partial charge in [-0.15, -0.1) is 0 Å². The Kier molecular flexibility index (Phi) is 4.36. The second kappa shape index (κ2) is 6.59. The van der Waals surface area contributed by atoms with Gasteiger partial charge in [-0.1, -0.05) is 12.1 Å². The first kappa shape index (κ1) is 13.9. The van der Waals surface area contributed by atoms with Crippen LogP contribution in [-0.2, 0) is 11.3 Å². The molecule has 0 unspecified atom stereocenters. The zero-order valence-electron chi connectivity index (χ0n) is 11.9. The van der Waals surface area contributed by atoms with Gasteiger partial charge >= 0.3 is 0 Å². The van der Waals surface area contributed by atoms with Crippen LogP contribution in [0.4, 0.5) is 15.8 Å². The average molecular weight is 286 g/mol. The van der Waals surface area contributed by atoms with Gasteiger partial charge in [0.25, 0.3) is 0 Å². The largest absolute Gasteiger partial charge is 0.381 e. The van der Waals surface area contributed by atoms with Crippen LogP contribution in [0.15, 0.2) is 48.5 Å². The molecule has 2 aromatic rings. The van der Waals surface area contributed by atoms with Gasteiger partial charge in [-0.3, -0.25) is 0 Å². The van der Waals surface area contributed by atoms with Crippen molar-refractivity contribution in [3.8, 4) is 0 Å². The summed E-state index contributed by atoms with van der Waals surface area (Å²) in [5.74, 6) is -0.200. The zero-order valence-corrected chi connectivity index (χ0v) is 11.9. The summed E-state index contributed by atoms with van der Waals surface area (Å²) in [6.07, 6.45) is 0. The van der Waals surface area contributed by atoms with Gasteiger partial charge in [0, 0.05) is 31.0 Å². The molecule has 1 N–H and O–H groups in total. The number of nitrogens with zero attached hydrogens (tertiary/aromatic N) is 1. The van der Waals surface area contributed by atoms with Crippen molar-refractivity contribution in [2.75, 3.05) is 36.5 Å². The van der Waals surface area contributed by atoms with E-state index >= 15 is 0 Å². The van der Waals surface area contributed by atoms with Gasteiger partial charge < -0.3 is 15.0 Å². The summed E-state index contributed by atoms with van der Waals surface area (Å²) in [6, 6.07) is 15.0. The minimum Gasteiger partial charge on any atom is -0.381 e. The normalized spacial score (nSPS) is 15.0. The molecule has 0 aliphatic carbocycles. The Balaban J connectivity index is 1.57. The van der Waals surface area contributed by atoms with E-state index in [2.05, 4.69) is 34.5 Å². The Bertz CT molecular complexity index is 562. The molecule has 3 nitrogen and oxygen atoms in total. The molecule has 1 heterocycles. The summed E-state index contributed by atoms with van der Waals surface area (Å²) >= 11 is 0. The highest BCUT2D eigenvalue weighted by molar-refractivity contribution is 5.55. The van der Waals surface area contributed by atoms with Crippen molar-refractivity contribution >= 4 is 11.4 Å². The number of rotatable bonds is 4. The predicted molar refractivity (Wildman–Crippen MR) is 83.2 cm³/mol. The minimum atomic E-state index is -0.200. The SMILES string of the molecule is Fc1ccc(CNc2ccc(N3CCOCC3)cc2)cc1. The summed E-state index contributed by atoms with van der Waals surface area (Å²) in [6.45, 7) is 4.18. The monoisotopic (exact) mass is 286 g/mol. The lowest BCUT2D eigenvalue weighted by Crippen LogP contribution is -2.36. The van der Waals surface area contributed by atoms with E-state index in [9.17, 15) is 4.39 Å². The third-order valence-corrected chi connectivity index (χ3v) is 3.65. The van der Waals surface area contributed by atoms with Crippen LogP contribution >= 0.6 is 0 Å².